The van der Waals surface area contributed by atoms with Crippen molar-refractivity contribution in [2.75, 3.05) is 37.6 Å². The summed E-state index contributed by atoms with van der Waals surface area (Å²) in [4.78, 5) is 17.2. The average Bonchev–Trinajstić information content (AvgIpc) is 2.56. The van der Waals surface area contributed by atoms with Crippen molar-refractivity contribution < 1.29 is 4.79 Å². The van der Waals surface area contributed by atoms with Gasteiger partial charge >= 0.3 is 0 Å². The second kappa shape index (κ2) is 6.06. The number of carbonyl (C=O) groups is 1. The Hall–Kier alpha value is -1.55. The monoisotopic (exact) mass is 287 g/mol. The summed E-state index contributed by atoms with van der Waals surface area (Å²) >= 11 is 0. The molecular formula is C17H25N3O. The number of piperidine rings is 1. The lowest BCUT2D eigenvalue weighted by atomic mass is 9.89. The van der Waals surface area contributed by atoms with Gasteiger partial charge in [-0.3, -0.25) is 4.79 Å². The summed E-state index contributed by atoms with van der Waals surface area (Å²) in [7, 11) is 0. The molecule has 1 atom stereocenters. The molecule has 114 valence electrons. The number of rotatable bonds is 2. The number of amides is 1. The molecule has 0 saturated carbocycles. The highest BCUT2D eigenvalue weighted by Gasteiger charge is 2.38. The third kappa shape index (κ3) is 3.05. The standard InChI is InChI=1S/C17H25N3O/c1-17(9-5-6-10-18-17)16(21)20-13-11-19(12-14-20)15-7-3-2-4-8-15/h2-4,7-8,18H,5-6,9-14H2,1H3. The Bertz CT molecular complexity index is 474. The van der Waals surface area contributed by atoms with E-state index in [4.69, 9.17) is 0 Å². The summed E-state index contributed by atoms with van der Waals surface area (Å²) in [5.41, 5.74) is 0.916. The largest absolute Gasteiger partial charge is 0.368 e. The van der Waals surface area contributed by atoms with Crippen LogP contribution >= 0.6 is 0 Å². The van der Waals surface area contributed by atoms with Crippen LogP contribution in [0.1, 0.15) is 26.2 Å². The Balaban J connectivity index is 1.59. The molecule has 2 aliphatic rings. The average molecular weight is 287 g/mol. The second-order valence-electron chi connectivity index (χ2n) is 6.33. The smallest absolute Gasteiger partial charge is 0.242 e. The maximum Gasteiger partial charge on any atom is 0.242 e. The van der Waals surface area contributed by atoms with Crippen molar-refractivity contribution in [3.63, 3.8) is 0 Å². The van der Waals surface area contributed by atoms with Crippen LogP contribution in [0.3, 0.4) is 0 Å². The zero-order valence-corrected chi connectivity index (χ0v) is 12.8. The quantitative estimate of drug-likeness (QED) is 0.902. The van der Waals surface area contributed by atoms with E-state index in [-0.39, 0.29) is 11.4 Å². The van der Waals surface area contributed by atoms with E-state index < -0.39 is 0 Å². The van der Waals surface area contributed by atoms with Crippen molar-refractivity contribution in [2.45, 2.75) is 31.7 Å². The molecule has 1 N–H and O–H groups in total. The molecule has 4 heteroatoms. The first-order valence-electron chi connectivity index (χ1n) is 8.03. The molecule has 0 spiro atoms. The lowest BCUT2D eigenvalue weighted by Gasteiger charge is -2.42. The molecule has 2 heterocycles. The molecule has 1 aromatic carbocycles. The highest BCUT2D eigenvalue weighted by atomic mass is 16.2. The zero-order chi connectivity index (χ0) is 14.7. The molecule has 1 unspecified atom stereocenters. The van der Waals surface area contributed by atoms with Crippen LogP contribution in [-0.4, -0.2) is 49.1 Å². The topological polar surface area (TPSA) is 35.6 Å². The third-order valence-corrected chi connectivity index (χ3v) is 4.78. The van der Waals surface area contributed by atoms with Gasteiger partial charge in [-0.25, -0.2) is 0 Å². The van der Waals surface area contributed by atoms with Crippen LogP contribution in [0.5, 0.6) is 0 Å². The van der Waals surface area contributed by atoms with Gasteiger partial charge in [-0.05, 0) is 44.9 Å². The zero-order valence-electron chi connectivity index (χ0n) is 12.8. The number of benzene rings is 1. The summed E-state index contributed by atoms with van der Waals surface area (Å²) < 4.78 is 0. The van der Waals surface area contributed by atoms with E-state index in [1.54, 1.807) is 0 Å². The summed E-state index contributed by atoms with van der Waals surface area (Å²) in [6.07, 6.45) is 3.30. The molecule has 0 bridgehead atoms. The number of nitrogens with one attached hydrogen (secondary N) is 1. The maximum atomic E-state index is 12.8. The van der Waals surface area contributed by atoms with Crippen LogP contribution in [0.2, 0.25) is 0 Å². The summed E-state index contributed by atoms with van der Waals surface area (Å²) in [6.45, 7) is 6.53. The van der Waals surface area contributed by atoms with Gasteiger partial charge in [-0.15, -0.1) is 0 Å². The summed E-state index contributed by atoms with van der Waals surface area (Å²) in [5.74, 6) is 0.287. The summed E-state index contributed by atoms with van der Waals surface area (Å²) in [5, 5.41) is 3.43. The molecule has 0 aliphatic carbocycles. The molecule has 1 amide bonds. The molecule has 2 fully saturated rings. The lowest BCUT2D eigenvalue weighted by molar-refractivity contribution is -0.139. The number of nitrogens with zero attached hydrogens (tertiary/aromatic N) is 2. The van der Waals surface area contributed by atoms with Gasteiger partial charge in [-0.1, -0.05) is 18.2 Å². The molecule has 2 aliphatic heterocycles. The van der Waals surface area contributed by atoms with Crippen LogP contribution in [-0.2, 0) is 4.79 Å². The van der Waals surface area contributed by atoms with Crippen molar-refractivity contribution in [2.24, 2.45) is 0 Å². The maximum absolute atomic E-state index is 12.8. The van der Waals surface area contributed by atoms with E-state index in [1.807, 2.05) is 11.0 Å². The van der Waals surface area contributed by atoms with E-state index in [0.29, 0.717) is 0 Å². The highest BCUT2D eigenvalue weighted by Crippen LogP contribution is 2.23. The molecule has 2 saturated heterocycles. The summed E-state index contributed by atoms with van der Waals surface area (Å²) in [6, 6.07) is 10.5. The van der Waals surface area contributed by atoms with Crippen LogP contribution < -0.4 is 10.2 Å². The highest BCUT2D eigenvalue weighted by molar-refractivity contribution is 5.86. The van der Waals surface area contributed by atoms with Gasteiger partial charge in [0.25, 0.3) is 0 Å². The van der Waals surface area contributed by atoms with Gasteiger partial charge in [-0.2, -0.15) is 0 Å². The van der Waals surface area contributed by atoms with Crippen LogP contribution in [0.25, 0.3) is 0 Å². The number of carbonyl (C=O) groups excluding carboxylic acids is 1. The molecule has 21 heavy (non-hydrogen) atoms. The SMILES string of the molecule is CC1(C(=O)N2CCN(c3ccccc3)CC2)CCCCN1. The van der Waals surface area contributed by atoms with Gasteiger partial charge in [0.1, 0.15) is 0 Å². The van der Waals surface area contributed by atoms with Crippen LogP contribution in [0.15, 0.2) is 30.3 Å². The fraction of sp³-hybridized carbons (Fsp3) is 0.588. The Morgan fingerprint density at radius 3 is 2.43 bits per heavy atom. The minimum atomic E-state index is -0.340. The van der Waals surface area contributed by atoms with Crippen molar-refractivity contribution in [1.29, 1.82) is 0 Å². The predicted octanol–water partition coefficient (Wildman–Crippen LogP) is 1.87. The Morgan fingerprint density at radius 1 is 1.10 bits per heavy atom. The Morgan fingerprint density at radius 2 is 1.81 bits per heavy atom. The lowest BCUT2D eigenvalue weighted by Crippen LogP contribution is -2.61. The fourth-order valence-corrected chi connectivity index (χ4v) is 3.39. The Kier molecular flexibility index (Phi) is 4.15. The van der Waals surface area contributed by atoms with Gasteiger partial charge in [0.2, 0.25) is 5.91 Å². The molecule has 1 aromatic rings. The first-order valence-corrected chi connectivity index (χ1v) is 8.03. The van der Waals surface area contributed by atoms with Crippen molar-refractivity contribution in [3.8, 4) is 0 Å². The first kappa shape index (κ1) is 14.4. The van der Waals surface area contributed by atoms with Gasteiger partial charge in [0, 0.05) is 31.9 Å². The number of anilines is 1. The van der Waals surface area contributed by atoms with E-state index in [2.05, 4.69) is 41.4 Å². The second-order valence-corrected chi connectivity index (χ2v) is 6.33. The Labute approximate surface area is 127 Å². The van der Waals surface area contributed by atoms with E-state index in [9.17, 15) is 4.79 Å². The van der Waals surface area contributed by atoms with E-state index >= 15 is 0 Å². The van der Waals surface area contributed by atoms with Crippen molar-refractivity contribution in [1.82, 2.24) is 10.2 Å². The fourth-order valence-electron chi connectivity index (χ4n) is 3.39. The molecule has 0 aromatic heterocycles. The van der Waals surface area contributed by atoms with Gasteiger partial charge in [0.15, 0.2) is 0 Å². The molecule has 4 nitrogen and oxygen atoms in total. The van der Waals surface area contributed by atoms with E-state index in [0.717, 1.165) is 45.6 Å². The molecule has 0 radical (unpaired) electrons. The van der Waals surface area contributed by atoms with Gasteiger partial charge < -0.3 is 15.1 Å². The number of hydrogen-bond acceptors (Lipinski definition) is 3. The first-order chi connectivity index (χ1) is 10.2. The molecule has 3 rings (SSSR count). The van der Waals surface area contributed by atoms with E-state index in [1.165, 1.54) is 12.1 Å². The van der Waals surface area contributed by atoms with Crippen LogP contribution in [0.4, 0.5) is 5.69 Å². The third-order valence-electron chi connectivity index (χ3n) is 4.78. The van der Waals surface area contributed by atoms with Crippen molar-refractivity contribution in [3.05, 3.63) is 30.3 Å². The molecular weight excluding hydrogens is 262 g/mol. The van der Waals surface area contributed by atoms with Crippen molar-refractivity contribution >= 4 is 11.6 Å². The minimum Gasteiger partial charge on any atom is -0.368 e. The van der Waals surface area contributed by atoms with Crippen LogP contribution in [0, 0.1) is 0 Å². The van der Waals surface area contributed by atoms with Gasteiger partial charge in [0.05, 0.1) is 5.54 Å². The number of piperazine rings is 1. The predicted molar refractivity (Wildman–Crippen MR) is 85.5 cm³/mol. The minimum absolute atomic E-state index is 0.287. The normalized spacial score (nSPS) is 26.7. The number of hydrogen-bond donors (Lipinski definition) is 1. The number of para-hydroxylation sites is 1.